The molecule has 0 aliphatic heterocycles. The van der Waals surface area contributed by atoms with Gasteiger partial charge in [-0.2, -0.15) is 0 Å². The molecule has 0 bridgehead atoms. The minimum Gasteiger partial charge on any atom is -0.497 e. The molecule has 0 N–H and O–H groups in total. The summed E-state index contributed by atoms with van der Waals surface area (Å²) in [6.45, 7) is 0. The van der Waals surface area contributed by atoms with Crippen LogP contribution < -0.4 is 4.74 Å². The van der Waals surface area contributed by atoms with Crippen LogP contribution in [0.4, 0.5) is 0 Å². The molecule has 2 aromatic carbocycles. The average Bonchev–Trinajstić information content (AvgIpc) is 2.56. The zero-order valence-corrected chi connectivity index (χ0v) is 11.7. The Morgan fingerprint density at radius 1 is 0.900 bits per heavy atom. The molecule has 0 amide bonds. The van der Waals surface area contributed by atoms with E-state index in [0.717, 1.165) is 18.6 Å². The van der Waals surface area contributed by atoms with Crippen molar-refractivity contribution >= 4 is 5.57 Å². The highest BCUT2D eigenvalue weighted by molar-refractivity contribution is 5.86. The lowest BCUT2D eigenvalue weighted by Crippen LogP contribution is -1.92. The van der Waals surface area contributed by atoms with Crippen molar-refractivity contribution in [2.45, 2.75) is 12.8 Å². The Morgan fingerprint density at radius 2 is 1.75 bits per heavy atom. The van der Waals surface area contributed by atoms with Crippen molar-refractivity contribution in [1.29, 1.82) is 0 Å². The van der Waals surface area contributed by atoms with E-state index in [1.165, 1.54) is 22.3 Å². The SMILES string of the molecule is COc1ccc(C2=CCCC=C2)c(-c2ccccc2)c1. The molecule has 0 atom stereocenters. The molecule has 20 heavy (non-hydrogen) atoms. The summed E-state index contributed by atoms with van der Waals surface area (Å²) in [7, 11) is 1.71. The Balaban J connectivity index is 2.14. The topological polar surface area (TPSA) is 9.23 Å². The predicted octanol–water partition coefficient (Wildman–Crippen LogP) is 5.10. The third kappa shape index (κ3) is 2.53. The van der Waals surface area contributed by atoms with Crippen LogP contribution in [0.15, 0.2) is 66.8 Å². The van der Waals surface area contributed by atoms with Crippen LogP contribution in [0.5, 0.6) is 5.75 Å². The molecule has 3 rings (SSSR count). The van der Waals surface area contributed by atoms with Crippen LogP contribution in [-0.4, -0.2) is 7.11 Å². The van der Waals surface area contributed by atoms with E-state index >= 15 is 0 Å². The lowest BCUT2D eigenvalue weighted by molar-refractivity contribution is 0.415. The molecule has 0 unspecified atom stereocenters. The predicted molar refractivity (Wildman–Crippen MR) is 84.8 cm³/mol. The largest absolute Gasteiger partial charge is 0.497 e. The molecule has 0 saturated carbocycles. The van der Waals surface area contributed by atoms with Crippen molar-refractivity contribution in [3.63, 3.8) is 0 Å². The number of hydrogen-bond donors (Lipinski definition) is 0. The van der Waals surface area contributed by atoms with Crippen molar-refractivity contribution < 1.29 is 4.74 Å². The van der Waals surface area contributed by atoms with Crippen LogP contribution in [0.1, 0.15) is 18.4 Å². The quantitative estimate of drug-likeness (QED) is 0.748. The average molecular weight is 262 g/mol. The van der Waals surface area contributed by atoms with Gasteiger partial charge in [0.2, 0.25) is 0 Å². The van der Waals surface area contributed by atoms with Crippen LogP contribution >= 0.6 is 0 Å². The third-order valence-corrected chi connectivity index (χ3v) is 3.62. The van der Waals surface area contributed by atoms with Crippen molar-refractivity contribution in [1.82, 2.24) is 0 Å². The van der Waals surface area contributed by atoms with E-state index in [1.807, 2.05) is 12.1 Å². The molecule has 1 nitrogen and oxygen atoms in total. The first kappa shape index (κ1) is 12.7. The maximum atomic E-state index is 5.38. The Kier molecular flexibility index (Phi) is 3.69. The molecule has 0 saturated heterocycles. The molecule has 100 valence electrons. The van der Waals surface area contributed by atoms with Crippen LogP contribution in [0, 0.1) is 0 Å². The highest BCUT2D eigenvalue weighted by atomic mass is 16.5. The lowest BCUT2D eigenvalue weighted by Gasteiger charge is -2.14. The number of benzene rings is 2. The molecule has 0 fully saturated rings. The van der Waals surface area contributed by atoms with Gasteiger partial charge in [-0.25, -0.2) is 0 Å². The van der Waals surface area contributed by atoms with Crippen LogP contribution in [0.3, 0.4) is 0 Å². The Bertz CT molecular complexity index is 651. The van der Waals surface area contributed by atoms with Crippen molar-refractivity contribution in [3.8, 4) is 16.9 Å². The Morgan fingerprint density at radius 3 is 2.45 bits per heavy atom. The lowest BCUT2D eigenvalue weighted by atomic mass is 9.91. The Hall–Kier alpha value is -2.28. The van der Waals surface area contributed by atoms with Gasteiger partial charge in [-0.1, -0.05) is 54.6 Å². The first-order chi connectivity index (χ1) is 9.88. The summed E-state index contributed by atoms with van der Waals surface area (Å²) in [6, 6.07) is 16.8. The van der Waals surface area contributed by atoms with E-state index in [4.69, 9.17) is 4.74 Å². The summed E-state index contributed by atoms with van der Waals surface area (Å²) >= 11 is 0. The standard InChI is InChI=1S/C19H18O/c1-20-17-12-13-18(15-8-4-2-5-9-15)19(14-17)16-10-6-3-7-11-16/h3-4,6-14H,2,5H2,1H3. The van der Waals surface area contributed by atoms with E-state index in [-0.39, 0.29) is 0 Å². The first-order valence-electron chi connectivity index (χ1n) is 6.99. The molecule has 0 aromatic heterocycles. The summed E-state index contributed by atoms with van der Waals surface area (Å²) in [5.41, 5.74) is 5.02. The second kappa shape index (κ2) is 5.79. The maximum absolute atomic E-state index is 5.38. The number of allylic oxidation sites excluding steroid dienone is 4. The molecule has 2 aromatic rings. The molecule has 0 heterocycles. The molecule has 1 aliphatic rings. The van der Waals surface area contributed by atoms with Crippen LogP contribution in [-0.2, 0) is 0 Å². The van der Waals surface area contributed by atoms with Gasteiger partial charge in [-0.05, 0) is 47.2 Å². The second-order valence-electron chi connectivity index (χ2n) is 4.92. The number of rotatable bonds is 3. The van der Waals surface area contributed by atoms with Gasteiger partial charge in [0.15, 0.2) is 0 Å². The minimum atomic E-state index is 0.896. The Labute approximate surface area is 120 Å². The summed E-state index contributed by atoms with van der Waals surface area (Å²) in [6.07, 6.45) is 9.03. The maximum Gasteiger partial charge on any atom is 0.119 e. The molecular weight excluding hydrogens is 244 g/mol. The zero-order chi connectivity index (χ0) is 13.8. The second-order valence-corrected chi connectivity index (χ2v) is 4.92. The van der Waals surface area contributed by atoms with Gasteiger partial charge in [0, 0.05) is 0 Å². The van der Waals surface area contributed by atoms with Gasteiger partial charge < -0.3 is 4.74 Å². The first-order valence-corrected chi connectivity index (χ1v) is 6.99. The zero-order valence-electron chi connectivity index (χ0n) is 11.7. The summed E-state index contributed by atoms with van der Waals surface area (Å²) in [5.74, 6) is 0.896. The van der Waals surface area contributed by atoms with Gasteiger partial charge >= 0.3 is 0 Å². The molecule has 1 aliphatic carbocycles. The molecular formula is C19H18O. The van der Waals surface area contributed by atoms with Gasteiger partial charge in [-0.15, -0.1) is 0 Å². The number of hydrogen-bond acceptors (Lipinski definition) is 1. The molecule has 0 radical (unpaired) electrons. The highest BCUT2D eigenvalue weighted by Crippen LogP contribution is 2.34. The van der Waals surface area contributed by atoms with Gasteiger partial charge in [-0.3, -0.25) is 0 Å². The van der Waals surface area contributed by atoms with Gasteiger partial charge in [0.25, 0.3) is 0 Å². The number of methoxy groups -OCH3 is 1. The molecule has 1 heteroatoms. The van der Waals surface area contributed by atoms with Gasteiger partial charge in [0.1, 0.15) is 5.75 Å². The normalized spacial score (nSPS) is 13.9. The fourth-order valence-corrected chi connectivity index (χ4v) is 2.57. The summed E-state index contributed by atoms with van der Waals surface area (Å²) in [4.78, 5) is 0. The third-order valence-electron chi connectivity index (χ3n) is 3.62. The van der Waals surface area contributed by atoms with E-state index in [0.29, 0.717) is 0 Å². The van der Waals surface area contributed by atoms with Crippen molar-refractivity contribution in [2.24, 2.45) is 0 Å². The summed E-state index contributed by atoms with van der Waals surface area (Å²) in [5, 5.41) is 0. The van der Waals surface area contributed by atoms with Gasteiger partial charge in [0.05, 0.1) is 7.11 Å². The van der Waals surface area contributed by atoms with E-state index in [2.05, 4.69) is 54.6 Å². The van der Waals surface area contributed by atoms with E-state index < -0.39 is 0 Å². The number of ether oxygens (including phenoxy) is 1. The van der Waals surface area contributed by atoms with E-state index in [9.17, 15) is 0 Å². The monoisotopic (exact) mass is 262 g/mol. The van der Waals surface area contributed by atoms with Crippen molar-refractivity contribution in [2.75, 3.05) is 7.11 Å². The van der Waals surface area contributed by atoms with Crippen LogP contribution in [0.2, 0.25) is 0 Å². The fraction of sp³-hybridized carbons (Fsp3) is 0.158. The van der Waals surface area contributed by atoms with E-state index in [1.54, 1.807) is 7.11 Å². The molecule has 0 spiro atoms. The summed E-state index contributed by atoms with van der Waals surface area (Å²) < 4.78 is 5.38. The fourth-order valence-electron chi connectivity index (χ4n) is 2.57. The minimum absolute atomic E-state index is 0.896. The van der Waals surface area contributed by atoms with Crippen molar-refractivity contribution in [3.05, 3.63) is 72.3 Å². The van der Waals surface area contributed by atoms with Crippen LogP contribution in [0.25, 0.3) is 16.7 Å². The smallest absolute Gasteiger partial charge is 0.119 e. The highest BCUT2D eigenvalue weighted by Gasteiger charge is 2.10.